The first kappa shape index (κ1) is 15.0. The van der Waals surface area contributed by atoms with Gasteiger partial charge in [-0.05, 0) is 12.1 Å². The van der Waals surface area contributed by atoms with Crippen molar-refractivity contribution in [2.75, 3.05) is 21.3 Å². The minimum Gasteiger partial charge on any atom is -0.493 e. The predicted molar refractivity (Wildman–Crippen MR) is 72.3 cm³/mol. The summed E-state index contributed by atoms with van der Waals surface area (Å²) in [5.41, 5.74) is 0.738. The molecule has 0 amide bonds. The van der Waals surface area contributed by atoms with Crippen molar-refractivity contribution in [2.24, 2.45) is 0 Å². The number of ketones is 1. The number of benzene rings is 1. The number of Topliss-reactive ketones (excluding diaryl/α,β-unsaturated/α-hetero) is 1. The molecule has 0 aliphatic carbocycles. The minimum absolute atomic E-state index is 0.0189. The smallest absolute Gasteiger partial charge is 0.165 e. The molecule has 0 N–H and O–H groups in total. The summed E-state index contributed by atoms with van der Waals surface area (Å²) in [5.74, 6) is 1.19. The average molecular weight is 317 g/mol. The van der Waals surface area contributed by atoms with Crippen molar-refractivity contribution in [3.8, 4) is 11.5 Å². The quantitative estimate of drug-likeness (QED) is 0.808. The molecule has 1 atom stereocenters. The molecule has 0 saturated carbocycles. The zero-order chi connectivity index (χ0) is 13.7. The highest BCUT2D eigenvalue weighted by Gasteiger charge is 2.23. The van der Waals surface area contributed by atoms with E-state index in [0.29, 0.717) is 17.9 Å². The molecule has 0 bridgehead atoms. The van der Waals surface area contributed by atoms with Crippen molar-refractivity contribution in [3.63, 3.8) is 0 Å². The Morgan fingerprint density at radius 2 is 1.78 bits per heavy atom. The molecule has 0 saturated heterocycles. The van der Waals surface area contributed by atoms with Gasteiger partial charge in [0.15, 0.2) is 17.3 Å². The van der Waals surface area contributed by atoms with Crippen LogP contribution in [-0.4, -0.2) is 27.1 Å². The van der Waals surface area contributed by atoms with Crippen molar-refractivity contribution >= 4 is 21.7 Å². The molecule has 1 aromatic carbocycles. The second-order valence-corrected chi connectivity index (χ2v) is 4.52. The molecule has 5 heteroatoms. The summed E-state index contributed by atoms with van der Waals surface area (Å²) in [6.45, 7) is 1.81. The highest BCUT2D eigenvalue weighted by atomic mass is 79.9. The van der Waals surface area contributed by atoms with Crippen LogP contribution in [-0.2, 0) is 9.53 Å². The molecule has 1 unspecified atom stereocenters. The number of hydrogen-bond donors (Lipinski definition) is 0. The molecule has 4 nitrogen and oxygen atoms in total. The van der Waals surface area contributed by atoms with E-state index >= 15 is 0 Å². The Morgan fingerprint density at radius 3 is 2.22 bits per heavy atom. The topological polar surface area (TPSA) is 44.8 Å². The number of halogens is 1. The van der Waals surface area contributed by atoms with Gasteiger partial charge in [0.25, 0.3) is 0 Å². The van der Waals surface area contributed by atoms with E-state index in [1.807, 2.05) is 6.92 Å². The van der Waals surface area contributed by atoms with Crippen molar-refractivity contribution < 1.29 is 19.0 Å². The van der Waals surface area contributed by atoms with Crippen LogP contribution in [0.15, 0.2) is 16.6 Å². The van der Waals surface area contributed by atoms with Crippen LogP contribution >= 0.6 is 15.9 Å². The molecule has 0 aliphatic heterocycles. The molecule has 0 aliphatic rings. The fourth-order valence-electron chi connectivity index (χ4n) is 1.69. The molecule has 0 aromatic heterocycles. The summed E-state index contributed by atoms with van der Waals surface area (Å²) in [5, 5.41) is 0. The van der Waals surface area contributed by atoms with E-state index in [1.165, 1.54) is 7.11 Å². The van der Waals surface area contributed by atoms with Crippen LogP contribution in [0.25, 0.3) is 0 Å². The lowest BCUT2D eigenvalue weighted by molar-refractivity contribution is -0.128. The third-order valence-corrected chi connectivity index (χ3v) is 3.35. The highest BCUT2D eigenvalue weighted by molar-refractivity contribution is 9.10. The van der Waals surface area contributed by atoms with Crippen LogP contribution in [0.1, 0.15) is 25.0 Å². The highest BCUT2D eigenvalue weighted by Crippen LogP contribution is 2.37. The summed E-state index contributed by atoms with van der Waals surface area (Å²) in [4.78, 5) is 11.8. The maximum absolute atomic E-state index is 11.8. The summed E-state index contributed by atoms with van der Waals surface area (Å²) >= 11 is 3.42. The minimum atomic E-state index is -0.593. The fraction of sp³-hybridized carbons (Fsp3) is 0.462. The van der Waals surface area contributed by atoms with Crippen LogP contribution in [0, 0.1) is 0 Å². The molecular formula is C13H17BrO4. The first-order chi connectivity index (χ1) is 8.58. The van der Waals surface area contributed by atoms with E-state index in [0.717, 1.165) is 10.0 Å². The van der Waals surface area contributed by atoms with E-state index < -0.39 is 6.10 Å². The molecule has 0 heterocycles. The van der Waals surface area contributed by atoms with Gasteiger partial charge >= 0.3 is 0 Å². The first-order valence-electron chi connectivity index (χ1n) is 5.55. The van der Waals surface area contributed by atoms with E-state index in [9.17, 15) is 4.79 Å². The third-order valence-electron chi connectivity index (χ3n) is 2.66. The van der Waals surface area contributed by atoms with Crippen molar-refractivity contribution in [1.29, 1.82) is 0 Å². The third kappa shape index (κ3) is 3.03. The second-order valence-electron chi connectivity index (χ2n) is 3.66. The van der Waals surface area contributed by atoms with Crippen molar-refractivity contribution in [1.82, 2.24) is 0 Å². The van der Waals surface area contributed by atoms with Gasteiger partial charge in [0.1, 0.15) is 6.10 Å². The van der Waals surface area contributed by atoms with Crippen LogP contribution < -0.4 is 9.47 Å². The largest absolute Gasteiger partial charge is 0.493 e. The number of rotatable bonds is 6. The average Bonchev–Trinajstić information content (AvgIpc) is 2.40. The van der Waals surface area contributed by atoms with Gasteiger partial charge < -0.3 is 14.2 Å². The molecule has 100 valence electrons. The molecule has 18 heavy (non-hydrogen) atoms. The van der Waals surface area contributed by atoms with E-state index in [2.05, 4.69) is 15.9 Å². The van der Waals surface area contributed by atoms with Crippen molar-refractivity contribution in [2.45, 2.75) is 19.4 Å². The van der Waals surface area contributed by atoms with Gasteiger partial charge in [0.05, 0.1) is 14.2 Å². The van der Waals surface area contributed by atoms with Crippen molar-refractivity contribution in [3.05, 3.63) is 22.2 Å². The summed E-state index contributed by atoms with van der Waals surface area (Å²) in [6.07, 6.45) is -0.177. The monoisotopic (exact) mass is 316 g/mol. The van der Waals surface area contributed by atoms with Crippen LogP contribution in [0.3, 0.4) is 0 Å². The lowest BCUT2D eigenvalue weighted by atomic mass is 10.0. The zero-order valence-electron chi connectivity index (χ0n) is 11.0. The second kappa shape index (κ2) is 6.75. The predicted octanol–water partition coefficient (Wildman–Crippen LogP) is 3.13. The number of carbonyl (C=O) groups excluding carboxylic acids is 1. The van der Waals surface area contributed by atoms with Crippen LogP contribution in [0.5, 0.6) is 11.5 Å². The molecule has 0 spiro atoms. The molecule has 1 aromatic rings. The first-order valence-corrected chi connectivity index (χ1v) is 6.35. The number of methoxy groups -OCH3 is 3. The van der Waals surface area contributed by atoms with Gasteiger partial charge in [-0.1, -0.05) is 22.9 Å². The van der Waals surface area contributed by atoms with Gasteiger partial charge in [-0.3, -0.25) is 4.79 Å². The van der Waals surface area contributed by atoms with E-state index in [4.69, 9.17) is 14.2 Å². The van der Waals surface area contributed by atoms with E-state index in [-0.39, 0.29) is 5.78 Å². The lowest BCUT2D eigenvalue weighted by Crippen LogP contribution is -2.14. The summed E-state index contributed by atoms with van der Waals surface area (Å²) in [7, 11) is 4.63. The summed E-state index contributed by atoms with van der Waals surface area (Å²) < 4.78 is 16.4. The van der Waals surface area contributed by atoms with Gasteiger partial charge in [-0.25, -0.2) is 0 Å². The summed E-state index contributed by atoms with van der Waals surface area (Å²) in [6, 6.07) is 3.52. The Balaban J connectivity index is 3.26. The molecule has 1 rings (SSSR count). The number of carbonyl (C=O) groups is 1. The lowest BCUT2D eigenvalue weighted by Gasteiger charge is -2.18. The molecule has 0 radical (unpaired) electrons. The maximum Gasteiger partial charge on any atom is 0.165 e. The Bertz CT molecular complexity index is 431. The SMILES string of the molecule is CCC(=O)C(OC)c1cc(OC)c(OC)cc1Br. The van der Waals surface area contributed by atoms with Crippen LogP contribution in [0.2, 0.25) is 0 Å². The van der Waals surface area contributed by atoms with Gasteiger partial charge in [0, 0.05) is 23.6 Å². The maximum atomic E-state index is 11.8. The zero-order valence-corrected chi connectivity index (χ0v) is 12.5. The van der Waals surface area contributed by atoms with Gasteiger partial charge in [0.2, 0.25) is 0 Å². The van der Waals surface area contributed by atoms with Gasteiger partial charge in [-0.15, -0.1) is 0 Å². The Hall–Kier alpha value is -1.07. The molecular weight excluding hydrogens is 300 g/mol. The number of ether oxygens (including phenoxy) is 3. The normalized spacial score (nSPS) is 12.1. The van der Waals surface area contributed by atoms with Crippen LogP contribution in [0.4, 0.5) is 0 Å². The Morgan fingerprint density at radius 1 is 1.22 bits per heavy atom. The van der Waals surface area contributed by atoms with E-state index in [1.54, 1.807) is 26.4 Å². The fourth-order valence-corrected chi connectivity index (χ4v) is 2.22. The standard InChI is InChI=1S/C13H17BrO4/c1-5-10(15)13(18-4)8-6-11(16-2)12(17-3)7-9(8)14/h6-7,13H,5H2,1-4H3. The Kier molecular flexibility index (Phi) is 5.62. The van der Waals surface area contributed by atoms with Gasteiger partial charge in [-0.2, -0.15) is 0 Å². The molecule has 0 fully saturated rings. The number of hydrogen-bond acceptors (Lipinski definition) is 4. The Labute approximate surface area is 115 Å².